The first-order chi connectivity index (χ1) is 18.5. The Balaban J connectivity index is 1.85. The molecule has 39 heavy (non-hydrogen) atoms. The van der Waals surface area contributed by atoms with Crippen LogP contribution in [0.4, 0.5) is 4.39 Å². The fourth-order valence-electron chi connectivity index (χ4n) is 4.21. The second-order valence-electron chi connectivity index (χ2n) is 9.77. The Morgan fingerprint density at radius 1 is 1.18 bits per heavy atom. The molecule has 4 rings (SSSR count). The molecular formula is C28H26FN5O4S. The van der Waals surface area contributed by atoms with Gasteiger partial charge in [-0.15, -0.1) is 0 Å². The molecule has 200 valence electrons. The maximum absolute atomic E-state index is 13.9. The zero-order valence-electron chi connectivity index (χ0n) is 21.9. The summed E-state index contributed by atoms with van der Waals surface area (Å²) in [5.41, 5.74) is -0.765. The van der Waals surface area contributed by atoms with Gasteiger partial charge >= 0.3 is 17.3 Å². The molecule has 0 fully saturated rings. The highest BCUT2D eigenvalue weighted by atomic mass is 32.2. The molecule has 0 spiro atoms. The van der Waals surface area contributed by atoms with Crippen molar-refractivity contribution in [3.05, 3.63) is 92.3 Å². The third-order valence-corrected chi connectivity index (χ3v) is 6.50. The highest BCUT2D eigenvalue weighted by Crippen LogP contribution is 2.25. The summed E-state index contributed by atoms with van der Waals surface area (Å²) in [5.74, 6) is -1.03. The van der Waals surface area contributed by atoms with E-state index in [1.807, 2.05) is 12.1 Å². The molecule has 0 saturated heterocycles. The van der Waals surface area contributed by atoms with Crippen LogP contribution in [-0.2, 0) is 22.5 Å². The molecule has 0 aliphatic heterocycles. The van der Waals surface area contributed by atoms with Crippen LogP contribution in [0.3, 0.4) is 0 Å². The largest absolute Gasteiger partial charge is 0.460 e. The predicted molar refractivity (Wildman–Crippen MR) is 146 cm³/mol. The van der Waals surface area contributed by atoms with E-state index in [0.29, 0.717) is 22.8 Å². The number of aromatic nitrogens is 4. The molecule has 2 aromatic carbocycles. The van der Waals surface area contributed by atoms with Gasteiger partial charge < -0.3 is 4.74 Å². The minimum absolute atomic E-state index is 0.0407. The Morgan fingerprint density at radius 3 is 2.64 bits per heavy atom. The SMILES string of the molecule is CSc1nc(=O)n(-c2cncc3cccc(CCC(=O)OC(C)(C)C)c23)c(=O)n1Cc1ccc(F)c(C#N)c1. The van der Waals surface area contributed by atoms with E-state index < -0.39 is 22.8 Å². The fourth-order valence-corrected chi connectivity index (χ4v) is 4.74. The zero-order valence-corrected chi connectivity index (χ0v) is 22.7. The van der Waals surface area contributed by atoms with Crippen LogP contribution >= 0.6 is 11.8 Å². The monoisotopic (exact) mass is 547 g/mol. The van der Waals surface area contributed by atoms with Crippen LogP contribution in [0.5, 0.6) is 0 Å². The van der Waals surface area contributed by atoms with Gasteiger partial charge in [0.25, 0.3) is 0 Å². The summed E-state index contributed by atoms with van der Waals surface area (Å²) in [6.45, 7) is 5.34. The number of hydrogen-bond donors (Lipinski definition) is 0. The molecule has 9 nitrogen and oxygen atoms in total. The normalized spacial score (nSPS) is 11.4. The van der Waals surface area contributed by atoms with Gasteiger partial charge in [0.1, 0.15) is 17.5 Å². The molecule has 2 heterocycles. The summed E-state index contributed by atoms with van der Waals surface area (Å²) in [5, 5.41) is 10.6. The molecule has 0 saturated carbocycles. The van der Waals surface area contributed by atoms with Crippen molar-refractivity contribution in [2.75, 3.05) is 6.26 Å². The molecule has 2 aromatic heterocycles. The van der Waals surface area contributed by atoms with Crippen molar-refractivity contribution in [1.82, 2.24) is 19.1 Å². The van der Waals surface area contributed by atoms with Crippen LogP contribution in [0.1, 0.15) is 43.9 Å². The smallest absolute Gasteiger partial charge is 0.358 e. The molecule has 0 radical (unpaired) electrons. The minimum atomic E-state index is -0.784. The van der Waals surface area contributed by atoms with Crippen molar-refractivity contribution >= 4 is 28.5 Å². The van der Waals surface area contributed by atoms with Crippen molar-refractivity contribution in [2.24, 2.45) is 0 Å². The third-order valence-electron chi connectivity index (χ3n) is 5.82. The van der Waals surface area contributed by atoms with Crippen LogP contribution in [-0.4, -0.2) is 36.9 Å². The molecule has 4 aromatic rings. The van der Waals surface area contributed by atoms with Crippen LogP contribution in [0.25, 0.3) is 16.5 Å². The van der Waals surface area contributed by atoms with Gasteiger partial charge in [0.05, 0.1) is 24.0 Å². The minimum Gasteiger partial charge on any atom is -0.460 e. The van der Waals surface area contributed by atoms with Gasteiger partial charge in [0, 0.05) is 23.4 Å². The van der Waals surface area contributed by atoms with E-state index in [9.17, 15) is 24.0 Å². The average molecular weight is 548 g/mol. The van der Waals surface area contributed by atoms with Crippen LogP contribution in [0, 0.1) is 17.1 Å². The molecule has 0 unspecified atom stereocenters. The molecule has 0 atom stereocenters. The number of nitrogens with zero attached hydrogens (tertiary/aromatic N) is 5. The number of aryl methyl sites for hydroxylation is 1. The van der Waals surface area contributed by atoms with E-state index >= 15 is 0 Å². The lowest BCUT2D eigenvalue weighted by atomic mass is 10.0. The Morgan fingerprint density at radius 2 is 1.95 bits per heavy atom. The van der Waals surface area contributed by atoms with Gasteiger partial charge in [0.15, 0.2) is 5.16 Å². The van der Waals surface area contributed by atoms with E-state index in [1.165, 1.54) is 22.9 Å². The number of fused-ring (bicyclic) bond motifs is 1. The maximum atomic E-state index is 13.9. The van der Waals surface area contributed by atoms with Crippen molar-refractivity contribution in [2.45, 2.75) is 50.9 Å². The number of thioether (sulfide) groups is 1. The number of rotatable bonds is 7. The predicted octanol–water partition coefficient (Wildman–Crippen LogP) is 4.00. The topological polar surface area (TPSA) is 120 Å². The van der Waals surface area contributed by atoms with Gasteiger partial charge in [-0.05, 0) is 56.7 Å². The molecule has 0 aliphatic rings. The lowest BCUT2D eigenvalue weighted by Gasteiger charge is -2.19. The van der Waals surface area contributed by atoms with Crippen molar-refractivity contribution in [3.63, 3.8) is 0 Å². The molecule has 0 bridgehead atoms. The molecule has 11 heteroatoms. The maximum Gasteiger partial charge on any atom is 0.358 e. The summed E-state index contributed by atoms with van der Waals surface area (Å²) < 4.78 is 21.5. The number of carbonyl (C=O) groups is 1. The zero-order chi connectivity index (χ0) is 28.3. The average Bonchev–Trinajstić information content (AvgIpc) is 2.88. The summed E-state index contributed by atoms with van der Waals surface area (Å²) in [6.07, 6.45) is 5.13. The van der Waals surface area contributed by atoms with Crippen LogP contribution < -0.4 is 11.4 Å². The Hall–Kier alpha value is -4.30. The van der Waals surface area contributed by atoms with Gasteiger partial charge in [-0.2, -0.15) is 10.2 Å². The number of ether oxygens (including phenoxy) is 1. The summed E-state index contributed by atoms with van der Waals surface area (Å²) in [7, 11) is 0. The molecule has 0 amide bonds. The van der Waals surface area contributed by atoms with Gasteiger partial charge in [-0.25, -0.2) is 18.5 Å². The quantitative estimate of drug-likeness (QED) is 0.252. The second-order valence-corrected chi connectivity index (χ2v) is 10.5. The third kappa shape index (κ3) is 6.07. The van der Waals surface area contributed by atoms with Gasteiger partial charge in [-0.3, -0.25) is 14.3 Å². The summed E-state index contributed by atoms with van der Waals surface area (Å²) >= 11 is 1.11. The van der Waals surface area contributed by atoms with Crippen LogP contribution in [0.2, 0.25) is 0 Å². The summed E-state index contributed by atoms with van der Waals surface area (Å²) in [4.78, 5) is 47.7. The lowest BCUT2D eigenvalue weighted by molar-refractivity contribution is -0.154. The molecular weight excluding hydrogens is 521 g/mol. The first-order valence-electron chi connectivity index (χ1n) is 12.1. The first kappa shape index (κ1) is 27.7. The van der Waals surface area contributed by atoms with Crippen molar-refractivity contribution < 1.29 is 13.9 Å². The highest BCUT2D eigenvalue weighted by Gasteiger charge is 2.20. The number of benzene rings is 2. The van der Waals surface area contributed by atoms with Gasteiger partial charge in [-0.1, -0.05) is 36.0 Å². The standard InChI is InChI=1S/C28H26FN5O4S/c1-28(2,3)38-23(35)11-9-18-6-5-7-19-14-31-15-22(24(18)19)34-25(36)32-26(39-4)33(27(34)37)16-17-8-10-21(29)20(12-17)13-30/h5-8,10,12,14-15H,9,11,16H2,1-4H3. The Bertz CT molecular complexity index is 1730. The summed E-state index contributed by atoms with van der Waals surface area (Å²) in [6, 6.07) is 11.2. The van der Waals surface area contributed by atoms with E-state index in [0.717, 1.165) is 28.0 Å². The number of hydrogen-bond acceptors (Lipinski definition) is 8. The van der Waals surface area contributed by atoms with Crippen LogP contribution in [0.15, 0.2) is 63.5 Å². The van der Waals surface area contributed by atoms with Gasteiger partial charge in [0.2, 0.25) is 0 Å². The van der Waals surface area contributed by atoms with E-state index in [1.54, 1.807) is 45.4 Å². The highest BCUT2D eigenvalue weighted by molar-refractivity contribution is 7.98. The number of esters is 1. The number of carbonyl (C=O) groups excluding carboxylic acids is 1. The van der Waals surface area contributed by atoms with Crippen molar-refractivity contribution in [3.8, 4) is 11.8 Å². The first-order valence-corrected chi connectivity index (χ1v) is 13.3. The second kappa shape index (κ2) is 11.2. The lowest BCUT2D eigenvalue weighted by Crippen LogP contribution is -2.41. The Labute approximate surface area is 227 Å². The number of nitriles is 1. The number of halogens is 1. The Kier molecular flexibility index (Phi) is 7.97. The van der Waals surface area contributed by atoms with E-state index in [4.69, 9.17) is 4.74 Å². The van der Waals surface area contributed by atoms with E-state index in [-0.39, 0.29) is 35.3 Å². The number of pyridine rings is 1. The fraction of sp³-hybridized carbons (Fsp3) is 0.286. The van der Waals surface area contributed by atoms with Crippen molar-refractivity contribution in [1.29, 1.82) is 5.26 Å². The molecule has 0 aliphatic carbocycles. The molecule has 0 N–H and O–H groups in total. The van der Waals surface area contributed by atoms with E-state index in [2.05, 4.69) is 9.97 Å².